The number of hydrogen-bond acceptors (Lipinski definition) is 4. The van der Waals surface area contributed by atoms with Gasteiger partial charge in [-0.25, -0.2) is 9.59 Å². The minimum Gasteiger partial charge on any atom is -0.516 e. The van der Waals surface area contributed by atoms with E-state index in [1.807, 2.05) is 0 Å². The van der Waals surface area contributed by atoms with Crippen LogP contribution in [0.15, 0.2) is 12.2 Å². The fourth-order valence-corrected chi connectivity index (χ4v) is 7.14. The molecule has 23 heavy (non-hydrogen) atoms. The zero-order chi connectivity index (χ0) is 17.6. The fraction of sp³-hybridized carbons (Fsp3) is 0.778. The van der Waals surface area contributed by atoms with E-state index in [1.54, 1.807) is 0 Å². The second kappa shape index (κ2) is 13.3. The van der Waals surface area contributed by atoms with Crippen LogP contribution in [-0.4, -0.2) is 26.9 Å². The van der Waals surface area contributed by atoms with E-state index >= 15 is 0 Å². The van der Waals surface area contributed by atoms with E-state index in [-0.39, 0.29) is 0 Å². The van der Waals surface area contributed by atoms with Crippen molar-refractivity contribution in [3.05, 3.63) is 12.2 Å². The van der Waals surface area contributed by atoms with Crippen molar-refractivity contribution in [1.29, 1.82) is 0 Å². The normalized spacial score (nSPS) is 11.7. The summed E-state index contributed by atoms with van der Waals surface area (Å²) in [6, 6.07) is 2.99. The molecule has 0 aromatic rings. The molecule has 0 amide bonds. The van der Waals surface area contributed by atoms with Crippen molar-refractivity contribution in [2.45, 2.75) is 84.4 Å². The second-order valence-corrected chi connectivity index (χ2v) is 10.1. The number of carbonyl (C=O) groups is 2. The summed E-state index contributed by atoms with van der Waals surface area (Å²) in [5.41, 5.74) is 0. The monoisotopic (exact) mass is 342 g/mol. The largest absolute Gasteiger partial charge is 0.516 e. The highest BCUT2D eigenvalue weighted by Crippen LogP contribution is 2.27. The Morgan fingerprint density at radius 3 is 1.78 bits per heavy atom. The highest BCUT2D eigenvalue weighted by molar-refractivity contribution is 6.75. The molecule has 0 rings (SSSR count). The molecule has 0 saturated carbocycles. The maximum Gasteiger partial charge on any atom is 0.331 e. The molecule has 0 atom stereocenters. The molecule has 0 unspecified atom stereocenters. The summed E-state index contributed by atoms with van der Waals surface area (Å²) in [5, 5.41) is 0. The van der Waals surface area contributed by atoms with Crippen molar-refractivity contribution >= 4 is 20.3 Å². The van der Waals surface area contributed by atoms with Gasteiger partial charge in [0.15, 0.2) is 0 Å². The van der Waals surface area contributed by atoms with Gasteiger partial charge in [-0.3, -0.25) is 0 Å². The third-order valence-corrected chi connectivity index (χ3v) is 8.65. The zero-order valence-corrected chi connectivity index (χ0v) is 16.4. The van der Waals surface area contributed by atoms with E-state index < -0.39 is 20.3 Å². The Balaban J connectivity index is 4.49. The average Bonchev–Trinajstić information content (AvgIpc) is 2.50. The zero-order valence-electron chi connectivity index (χ0n) is 15.4. The molecular weight excluding hydrogens is 308 g/mol. The Kier molecular flexibility index (Phi) is 12.7. The summed E-state index contributed by atoms with van der Waals surface area (Å²) in [6.45, 7) is 8.89. The van der Waals surface area contributed by atoms with Crippen molar-refractivity contribution in [3.63, 3.8) is 0 Å². The van der Waals surface area contributed by atoms with E-state index in [4.69, 9.17) is 9.16 Å². The van der Waals surface area contributed by atoms with Crippen LogP contribution in [0.4, 0.5) is 0 Å². The minimum absolute atomic E-state index is 0.391. The summed E-state index contributed by atoms with van der Waals surface area (Å²) in [7, 11) is -2.02. The average molecular weight is 343 g/mol. The lowest BCUT2D eigenvalue weighted by Crippen LogP contribution is -2.39. The van der Waals surface area contributed by atoms with Crippen LogP contribution in [0.2, 0.25) is 18.1 Å². The van der Waals surface area contributed by atoms with Crippen molar-refractivity contribution < 1.29 is 18.8 Å². The lowest BCUT2D eigenvalue weighted by atomic mass is 10.3. The van der Waals surface area contributed by atoms with Gasteiger partial charge in [-0.1, -0.05) is 59.8 Å². The van der Waals surface area contributed by atoms with Gasteiger partial charge in [-0.05, 0) is 24.6 Å². The molecule has 0 aliphatic rings. The summed E-state index contributed by atoms with van der Waals surface area (Å²) in [4.78, 5) is 23.6. The first-order chi connectivity index (χ1) is 11.0. The molecule has 0 bridgehead atoms. The first kappa shape index (κ1) is 21.9. The summed E-state index contributed by atoms with van der Waals surface area (Å²) in [5.74, 6) is -0.857. The van der Waals surface area contributed by atoms with Crippen molar-refractivity contribution in [1.82, 2.24) is 0 Å². The Hall–Kier alpha value is -1.10. The van der Waals surface area contributed by atoms with Crippen molar-refractivity contribution in [2.75, 3.05) is 6.61 Å². The molecule has 0 aliphatic carbocycles. The minimum atomic E-state index is -2.02. The number of unbranched alkanes of at least 4 members (excludes halogenated alkanes) is 2. The molecule has 0 spiro atoms. The summed E-state index contributed by atoms with van der Waals surface area (Å²) >= 11 is 0. The Morgan fingerprint density at radius 2 is 1.30 bits per heavy atom. The highest BCUT2D eigenvalue weighted by Gasteiger charge is 2.35. The SMILES string of the molecule is CCCCCOC(=O)/C=C/C(=O)O[Si](CCC)(CCC)CCC. The third-order valence-electron chi connectivity index (χ3n) is 3.78. The summed E-state index contributed by atoms with van der Waals surface area (Å²) in [6.07, 6.45) is 8.49. The smallest absolute Gasteiger partial charge is 0.331 e. The maximum atomic E-state index is 12.1. The van der Waals surface area contributed by atoms with Crippen molar-refractivity contribution in [2.24, 2.45) is 0 Å². The van der Waals surface area contributed by atoms with Gasteiger partial charge in [0.2, 0.25) is 0 Å². The van der Waals surface area contributed by atoms with Gasteiger partial charge in [0.25, 0.3) is 8.32 Å². The molecule has 0 radical (unpaired) electrons. The first-order valence-corrected chi connectivity index (χ1v) is 11.6. The number of rotatable bonds is 13. The molecule has 0 aliphatic heterocycles. The highest BCUT2D eigenvalue weighted by atomic mass is 28.4. The van der Waals surface area contributed by atoms with Crippen LogP contribution in [0.3, 0.4) is 0 Å². The van der Waals surface area contributed by atoms with E-state index in [0.29, 0.717) is 6.61 Å². The van der Waals surface area contributed by atoms with Crippen LogP contribution in [0, 0.1) is 0 Å². The lowest BCUT2D eigenvalue weighted by Gasteiger charge is -2.29. The molecule has 0 heterocycles. The lowest BCUT2D eigenvalue weighted by molar-refractivity contribution is -0.138. The maximum absolute atomic E-state index is 12.1. The number of hydrogen-bond donors (Lipinski definition) is 0. The van der Waals surface area contributed by atoms with Crippen molar-refractivity contribution in [3.8, 4) is 0 Å². The number of ether oxygens (including phenoxy) is 1. The number of carbonyl (C=O) groups excluding carboxylic acids is 2. The standard InChI is InChI=1S/C18H34O4Si/c1-5-9-10-13-21-17(19)11-12-18(20)22-23(14-6-2,15-7-3)16-8-4/h11-12H,5-10,13-16H2,1-4H3/b12-11+. The Labute approximate surface area is 142 Å². The second-order valence-electron chi connectivity index (χ2n) is 6.06. The molecule has 0 aromatic carbocycles. The molecule has 0 saturated heterocycles. The fourth-order valence-electron chi connectivity index (χ4n) is 2.85. The molecule has 0 N–H and O–H groups in total. The molecule has 5 heteroatoms. The van der Waals surface area contributed by atoms with E-state index in [0.717, 1.165) is 56.7 Å². The van der Waals surface area contributed by atoms with Gasteiger partial charge in [-0.2, -0.15) is 0 Å². The molecular formula is C18H34O4Si. The van der Waals surface area contributed by atoms with Crippen LogP contribution in [0.5, 0.6) is 0 Å². The van der Waals surface area contributed by atoms with Gasteiger partial charge in [0.05, 0.1) is 6.61 Å². The Morgan fingerprint density at radius 1 is 0.783 bits per heavy atom. The topological polar surface area (TPSA) is 52.6 Å². The van der Waals surface area contributed by atoms with Gasteiger partial charge in [0, 0.05) is 12.2 Å². The van der Waals surface area contributed by atoms with Crippen LogP contribution < -0.4 is 0 Å². The Bertz CT molecular complexity index is 349. The summed E-state index contributed by atoms with van der Waals surface area (Å²) < 4.78 is 10.9. The van der Waals surface area contributed by atoms with E-state index in [2.05, 4.69) is 27.7 Å². The van der Waals surface area contributed by atoms with Gasteiger partial charge >= 0.3 is 11.9 Å². The predicted molar refractivity (Wildman–Crippen MR) is 96.8 cm³/mol. The van der Waals surface area contributed by atoms with Gasteiger partial charge in [-0.15, -0.1) is 0 Å². The van der Waals surface area contributed by atoms with Gasteiger partial charge < -0.3 is 9.16 Å². The predicted octanol–water partition coefficient (Wildman–Crippen LogP) is 4.99. The van der Waals surface area contributed by atoms with Crippen LogP contribution in [0.1, 0.15) is 66.2 Å². The molecule has 0 aromatic heterocycles. The molecule has 134 valence electrons. The van der Waals surface area contributed by atoms with Gasteiger partial charge in [0.1, 0.15) is 0 Å². The van der Waals surface area contributed by atoms with Crippen LogP contribution >= 0.6 is 0 Å². The van der Waals surface area contributed by atoms with E-state index in [9.17, 15) is 9.59 Å². The quantitative estimate of drug-likeness (QED) is 0.205. The number of esters is 1. The molecule has 0 fully saturated rings. The van der Waals surface area contributed by atoms with Crippen LogP contribution in [0.25, 0.3) is 0 Å². The first-order valence-electron chi connectivity index (χ1n) is 9.11. The third kappa shape index (κ3) is 10.3. The molecule has 4 nitrogen and oxygen atoms in total. The van der Waals surface area contributed by atoms with Crippen LogP contribution in [-0.2, 0) is 18.8 Å². The van der Waals surface area contributed by atoms with E-state index in [1.165, 1.54) is 12.2 Å².